The molecule has 6 aliphatic heterocycles. The molecule has 6 nitrogen and oxygen atoms in total. The number of nitrogens with zero attached hydrogens (tertiary/aromatic N) is 2. The maximum absolute atomic E-state index is 7.11. The largest absolute Gasteiger partial charge is 0.369 e. The molecule has 2 spiro atoms. The first-order valence-electron chi connectivity index (χ1n) is 33.2. The molecule has 14 rings (SSSR count). The Labute approximate surface area is 454 Å². The summed E-state index contributed by atoms with van der Waals surface area (Å²) in [5.74, 6) is 12.1. The summed E-state index contributed by atoms with van der Waals surface area (Å²) < 4.78 is 14.2. The van der Waals surface area contributed by atoms with Crippen LogP contribution in [-0.4, -0.2) is 96.6 Å². The van der Waals surface area contributed by atoms with E-state index in [1.165, 1.54) is 193 Å². The molecule has 12 fully saturated rings. The average molecular weight is 1020 g/mol. The van der Waals surface area contributed by atoms with Crippen LogP contribution in [0.5, 0.6) is 0 Å². The van der Waals surface area contributed by atoms with Crippen LogP contribution >= 0.6 is 0 Å². The quantitative estimate of drug-likeness (QED) is 0.269. The lowest BCUT2D eigenvalue weighted by Gasteiger charge is -2.56. The molecule has 0 aromatic rings. The number of hydrogen-bond acceptors (Lipinski definition) is 6. The van der Waals surface area contributed by atoms with E-state index in [0.29, 0.717) is 47.0 Å². The van der Waals surface area contributed by atoms with Gasteiger partial charge in [-0.1, -0.05) is 77.7 Å². The molecule has 2 N–H and O–H groups in total. The molecule has 23 atom stereocenters. The van der Waals surface area contributed by atoms with Crippen molar-refractivity contribution in [3.8, 4) is 0 Å². The van der Waals surface area contributed by atoms with Gasteiger partial charge in [0, 0.05) is 42.5 Å². The maximum atomic E-state index is 7.11. The predicted octanol–water partition coefficient (Wildman–Crippen LogP) is 14.4. The second-order valence-corrected chi connectivity index (χ2v) is 31.7. The van der Waals surface area contributed by atoms with E-state index in [0.717, 1.165) is 83.1 Å². The minimum absolute atomic E-state index is 0.0913. The molecule has 6 saturated heterocycles. The van der Waals surface area contributed by atoms with Crippen molar-refractivity contribution in [2.75, 3.05) is 39.3 Å². The summed E-state index contributed by atoms with van der Waals surface area (Å²) in [6.45, 7) is 33.1. The van der Waals surface area contributed by atoms with Crippen LogP contribution in [0.1, 0.15) is 223 Å². The van der Waals surface area contributed by atoms with Gasteiger partial charge in [0.15, 0.2) is 0 Å². The molecular weight excluding hydrogens is 905 g/mol. The van der Waals surface area contributed by atoms with Gasteiger partial charge < -0.3 is 29.9 Å². The smallest absolute Gasteiger partial charge is 0.0765 e. The Morgan fingerprint density at radius 1 is 0.486 bits per heavy atom. The second kappa shape index (κ2) is 20.0. The number of piperidine rings is 4. The Balaban J connectivity index is 0.000000143. The third-order valence-corrected chi connectivity index (χ3v) is 27.7. The van der Waals surface area contributed by atoms with Crippen molar-refractivity contribution in [2.24, 2.45) is 93.7 Å². The zero-order chi connectivity index (χ0) is 51.1. The fourth-order valence-corrected chi connectivity index (χ4v) is 23.2. The summed E-state index contributed by atoms with van der Waals surface area (Å²) >= 11 is 0. The number of rotatable bonds is 2. The summed E-state index contributed by atoms with van der Waals surface area (Å²) in [6, 6.07) is 2.92. The molecule has 74 heavy (non-hydrogen) atoms. The lowest BCUT2D eigenvalue weighted by molar-refractivity contribution is -0.0775. The topological polar surface area (TPSA) is 49.0 Å². The predicted molar refractivity (Wildman–Crippen MR) is 305 cm³/mol. The van der Waals surface area contributed by atoms with Crippen LogP contribution in [0.2, 0.25) is 0 Å². The van der Waals surface area contributed by atoms with Crippen molar-refractivity contribution in [1.29, 1.82) is 0 Å². The van der Waals surface area contributed by atoms with Crippen LogP contribution in [0.4, 0.5) is 0 Å². The van der Waals surface area contributed by atoms with Gasteiger partial charge in [-0.15, -0.1) is 0 Å². The Kier molecular flexibility index (Phi) is 14.2. The van der Waals surface area contributed by atoms with E-state index >= 15 is 0 Å². The summed E-state index contributed by atoms with van der Waals surface area (Å²) in [6.07, 6.45) is 34.7. The van der Waals surface area contributed by atoms with Crippen molar-refractivity contribution in [2.45, 2.75) is 271 Å². The normalized spacial score (nSPS) is 53.7. The molecule has 6 heteroatoms. The fourth-order valence-electron chi connectivity index (χ4n) is 23.2. The van der Waals surface area contributed by atoms with Gasteiger partial charge in [-0.05, 0) is 283 Å². The fraction of sp³-hybridized carbons (Fsp3) is 0.941. The van der Waals surface area contributed by atoms with E-state index in [9.17, 15) is 0 Å². The van der Waals surface area contributed by atoms with E-state index in [4.69, 9.17) is 9.47 Å². The molecule has 5 unspecified atom stereocenters. The molecule has 6 saturated carbocycles. The first-order valence-corrected chi connectivity index (χ1v) is 33.2. The third-order valence-electron chi connectivity index (χ3n) is 27.7. The van der Waals surface area contributed by atoms with Gasteiger partial charge >= 0.3 is 0 Å². The van der Waals surface area contributed by atoms with Crippen LogP contribution in [0.25, 0.3) is 0 Å². The van der Waals surface area contributed by atoms with Gasteiger partial charge in [0.1, 0.15) is 0 Å². The maximum Gasteiger partial charge on any atom is 0.0765 e. The van der Waals surface area contributed by atoms with Gasteiger partial charge in [0.25, 0.3) is 0 Å². The first-order chi connectivity index (χ1) is 35.5. The van der Waals surface area contributed by atoms with Crippen LogP contribution in [-0.2, 0) is 9.47 Å². The van der Waals surface area contributed by atoms with E-state index in [1.807, 2.05) is 11.1 Å². The molecule has 8 aliphatic carbocycles. The van der Waals surface area contributed by atoms with E-state index in [-0.39, 0.29) is 11.2 Å². The molecule has 0 radical (unpaired) electrons. The van der Waals surface area contributed by atoms with Gasteiger partial charge in [-0.2, -0.15) is 0 Å². The van der Waals surface area contributed by atoms with Gasteiger partial charge in [0.2, 0.25) is 0 Å². The molecule has 0 aromatic carbocycles. The molecular formula is C68H112N4O2. The highest BCUT2D eigenvalue weighted by Crippen LogP contribution is 2.68. The number of allylic oxidation sites excluding steroid dienone is 2. The highest BCUT2D eigenvalue weighted by Gasteiger charge is 2.62. The lowest BCUT2D eigenvalue weighted by atomic mass is 9.52. The minimum Gasteiger partial charge on any atom is -0.369 e. The van der Waals surface area contributed by atoms with E-state index in [1.54, 1.807) is 11.1 Å². The Morgan fingerprint density at radius 3 is 1.46 bits per heavy atom. The molecule has 0 bridgehead atoms. The average Bonchev–Trinajstić information content (AvgIpc) is 4.09. The number of likely N-dealkylation sites (tertiary alicyclic amines) is 2. The zero-order valence-electron chi connectivity index (χ0n) is 49.5. The Morgan fingerprint density at radius 2 is 0.973 bits per heavy atom. The van der Waals surface area contributed by atoms with Gasteiger partial charge in [-0.3, -0.25) is 0 Å². The second-order valence-electron chi connectivity index (χ2n) is 31.7. The molecule has 6 heterocycles. The van der Waals surface area contributed by atoms with Crippen molar-refractivity contribution < 1.29 is 9.47 Å². The number of nitrogens with one attached hydrogen (secondary N) is 2. The van der Waals surface area contributed by atoms with Crippen molar-refractivity contribution >= 4 is 0 Å². The standard InChI is InChI=1S/2C34H56N2O/c1-21-10-14-36(15-11-21)26-8-12-33(5)25(17-26)6-7-28-27-9-13-34(19-23(3)29(27)18-30(28)33)24(4)32-31(37-34)16-22(2)20-35-32;1-21-7-6-14-36(20-21)26-10-12-33(5)25(16-26)8-9-28-27-11-13-34(18-23(3)29(27)17-30(28)33)24(4)32-31(37-34)15-22(2)19-35-32/h2*21-22,24-28,30-32,35H,6-20H2,1-5H3/t22-,24+,25?,26?,27-,28-,30-,31+,32-,33-,34-;21?,22-,24+,25?,26?,27-,28-,30-,31+,32-,33-,34-/m00/s1. The summed E-state index contributed by atoms with van der Waals surface area (Å²) in [4.78, 5) is 5.83. The lowest BCUT2D eigenvalue weighted by Crippen LogP contribution is -2.52. The van der Waals surface area contributed by atoms with Crippen LogP contribution in [0.3, 0.4) is 0 Å². The summed E-state index contributed by atoms with van der Waals surface area (Å²) in [5.41, 5.74) is 8.66. The SMILES string of the molecule is CC1=C2C[C@H]3[C@@H](CCC4CC(N5CCC(C)CC5)CC[C@@]43C)[C@@H]2CC[C@@]2(C1)O[C@@H]1C[C@H](C)CN[C@H]1[C@H]2C.CC1=C2C[C@H]3[C@@H](CCC4CC(N5CCCC(C)C5)CC[C@@]43C)[C@@H]2CC[C@@]2(C1)O[C@@H]1C[C@H](C)CN[C@H]1[C@H]2C. The van der Waals surface area contributed by atoms with Crippen LogP contribution in [0, 0.1) is 93.7 Å². The number of hydrogen-bond donors (Lipinski definition) is 2. The highest BCUT2D eigenvalue weighted by atomic mass is 16.5. The van der Waals surface area contributed by atoms with E-state index in [2.05, 4.69) is 89.7 Å². The third kappa shape index (κ3) is 8.85. The van der Waals surface area contributed by atoms with Crippen LogP contribution < -0.4 is 10.6 Å². The molecule has 14 aliphatic rings. The Bertz CT molecular complexity index is 2110. The van der Waals surface area contributed by atoms with Gasteiger partial charge in [0.05, 0.1) is 23.4 Å². The molecule has 0 amide bonds. The monoisotopic (exact) mass is 1020 g/mol. The Hall–Kier alpha value is -0.760. The van der Waals surface area contributed by atoms with Crippen molar-refractivity contribution in [3.63, 3.8) is 0 Å². The molecule has 416 valence electrons. The minimum atomic E-state index is 0.0913. The van der Waals surface area contributed by atoms with Crippen molar-refractivity contribution in [1.82, 2.24) is 20.4 Å². The van der Waals surface area contributed by atoms with Crippen LogP contribution in [0.15, 0.2) is 22.3 Å². The van der Waals surface area contributed by atoms with E-state index < -0.39 is 0 Å². The zero-order valence-corrected chi connectivity index (χ0v) is 49.5. The van der Waals surface area contributed by atoms with Gasteiger partial charge in [-0.25, -0.2) is 0 Å². The highest BCUT2D eigenvalue weighted by molar-refractivity contribution is 5.31. The van der Waals surface area contributed by atoms with Crippen molar-refractivity contribution in [3.05, 3.63) is 22.3 Å². The summed E-state index contributed by atoms with van der Waals surface area (Å²) in [5, 5.41) is 7.81. The molecule has 0 aromatic heterocycles. The summed E-state index contributed by atoms with van der Waals surface area (Å²) in [7, 11) is 0. The number of fused-ring (bicyclic) bond motifs is 12. The first kappa shape index (κ1) is 52.6. The number of ether oxygens (including phenoxy) is 2.